The Bertz CT molecular complexity index is 369. The molecule has 2 rings (SSSR count). The zero-order valence-electron chi connectivity index (χ0n) is 9.44. The smallest absolute Gasteiger partial charge is 0.161 e. The Labute approximate surface area is 95.6 Å². The molecular weight excluding hydrogens is 204 g/mol. The maximum absolute atomic E-state index is 5.61. The lowest BCUT2D eigenvalue weighted by Crippen LogP contribution is -2.06. The Hall–Kier alpha value is -1.48. The number of epoxide rings is 1. The molecule has 1 aliphatic heterocycles. The molecule has 1 saturated heterocycles. The Kier molecular flexibility index (Phi) is 3.47. The highest BCUT2D eigenvalue weighted by Gasteiger charge is 2.23. The van der Waals surface area contributed by atoms with Gasteiger partial charge in [0.25, 0.3) is 0 Å². The first-order chi connectivity index (χ1) is 7.75. The molecule has 0 spiro atoms. The van der Waals surface area contributed by atoms with Crippen molar-refractivity contribution in [1.82, 2.24) is 0 Å². The van der Waals surface area contributed by atoms with Crippen LogP contribution in [0.3, 0.4) is 0 Å². The molecule has 3 nitrogen and oxygen atoms in total. The van der Waals surface area contributed by atoms with E-state index >= 15 is 0 Å². The van der Waals surface area contributed by atoms with Gasteiger partial charge in [-0.2, -0.15) is 0 Å². The lowest BCUT2D eigenvalue weighted by molar-refractivity contribution is 0.246. The van der Waals surface area contributed by atoms with E-state index in [9.17, 15) is 0 Å². The van der Waals surface area contributed by atoms with Gasteiger partial charge < -0.3 is 14.2 Å². The zero-order chi connectivity index (χ0) is 11.4. The molecule has 16 heavy (non-hydrogen) atoms. The number of rotatable bonds is 6. The molecule has 1 unspecified atom stereocenters. The second-order valence-electron chi connectivity index (χ2n) is 3.96. The monoisotopic (exact) mass is 220 g/mol. The molecule has 1 atom stereocenters. The summed E-state index contributed by atoms with van der Waals surface area (Å²) in [6.07, 6.45) is 0.259. The van der Waals surface area contributed by atoms with E-state index in [0.717, 1.165) is 23.7 Å². The standard InChI is InChI=1S/C13H16O3/c1-10(2)7-15-12-5-3-4-6-13(12)16-9-11-8-14-11/h3-6,11H,1,7-9H2,2H3. The van der Waals surface area contributed by atoms with Crippen molar-refractivity contribution >= 4 is 0 Å². The summed E-state index contributed by atoms with van der Waals surface area (Å²) in [7, 11) is 0. The molecule has 0 amide bonds. The minimum atomic E-state index is 0.259. The van der Waals surface area contributed by atoms with E-state index in [4.69, 9.17) is 14.2 Å². The van der Waals surface area contributed by atoms with Crippen LogP contribution in [0, 0.1) is 0 Å². The van der Waals surface area contributed by atoms with Crippen LogP contribution in [0.1, 0.15) is 6.92 Å². The summed E-state index contributed by atoms with van der Waals surface area (Å²) in [4.78, 5) is 0. The number of benzene rings is 1. The van der Waals surface area contributed by atoms with E-state index in [1.165, 1.54) is 0 Å². The van der Waals surface area contributed by atoms with E-state index in [-0.39, 0.29) is 6.10 Å². The van der Waals surface area contributed by atoms with E-state index in [2.05, 4.69) is 6.58 Å². The van der Waals surface area contributed by atoms with Gasteiger partial charge in [-0.15, -0.1) is 0 Å². The first-order valence-electron chi connectivity index (χ1n) is 5.36. The van der Waals surface area contributed by atoms with Crippen molar-refractivity contribution in [2.24, 2.45) is 0 Å². The van der Waals surface area contributed by atoms with E-state index in [1.807, 2.05) is 31.2 Å². The first kappa shape index (κ1) is 11.0. The summed E-state index contributed by atoms with van der Waals surface area (Å²) in [5, 5.41) is 0. The Balaban J connectivity index is 1.94. The fourth-order valence-corrected chi connectivity index (χ4v) is 1.24. The van der Waals surface area contributed by atoms with Crippen LogP contribution in [0.4, 0.5) is 0 Å². The van der Waals surface area contributed by atoms with E-state index in [1.54, 1.807) is 0 Å². The maximum atomic E-state index is 5.61. The lowest BCUT2D eigenvalue weighted by Gasteiger charge is -2.11. The molecule has 0 aromatic heterocycles. The van der Waals surface area contributed by atoms with Gasteiger partial charge in [0.2, 0.25) is 0 Å². The maximum Gasteiger partial charge on any atom is 0.161 e. The molecule has 1 aromatic carbocycles. The minimum absolute atomic E-state index is 0.259. The van der Waals surface area contributed by atoms with Gasteiger partial charge in [0.05, 0.1) is 6.61 Å². The highest BCUT2D eigenvalue weighted by atomic mass is 16.6. The predicted octanol–water partition coefficient (Wildman–Crippen LogP) is 2.42. The summed E-state index contributed by atoms with van der Waals surface area (Å²) in [6, 6.07) is 7.65. The molecule has 86 valence electrons. The number of hydrogen-bond donors (Lipinski definition) is 0. The van der Waals surface area contributed by atoms with Crippen LogP contribution in [0.2, 0.25) is 0 Å². The summed E-state index contributed by atoms with van der Waals surface area (Å²) in [5.41, 5.74) is 0.986. The average Bonchev–Trinajstić information content (AvgIpc) is 3.08. The molecule has 0 radical (unpaired) electrons. The van der Waals surface area contributed by atoms with Crippen LogP contribution in [0.15, 0.2) is 36.4 Å². The predicted molar refractivity (Wildman–Crippen MR) is 62.0 cm³/mol. The molecule has 1 aromatic rings. The van der Waals surface area contributed by atoms with Crippen molar-refractivity contribution in [1.29, 1.82) is 0 Å². The lowest BCUT2D eigenvalue weighted by atomic mass is 10.3. The van der Waals surface area contributed by atoms with Crippen LogP contribution in [-0.2, 0) is 4.74 Å². The van der Waals surface area contributed by atoms with Gasteiger partial charge in [0.1, 0.15) is 19.3 Å². The van der Waals surface area contributed by atoms with Crippen molar-refractivity contribution in [3.05, 3.63) is 36.4 Å². The number of ether oxygens (including phenoxy) is 3. The van der Waals surface area contributed by atoms with Crippen molar-refractivity contribution in [2.45, 2.75) is 13.0 Å². The van der Waals surface area contributed by atoms with Crippen molar-refractivity contribution in [3.63, 3.8) is 0 Å². The SMILES string of the molecule is C=C(C)COc1ccccc1OCC1CO1. The van der Waals surface area contributed by atoms with Gasteiger partial charge in [-0.25, -0.2) is 0 Å². The van der Waals surface area contributed by atoms with Crippen LogP contribution in [0.5, 0.6) is 11.5 Å². The van der Waals surface area contributed by atoms with Gasteiger partial charge >= 0.3 is 0 Å². The average molecular weight is 220 g/mol. The van der Waals surface area contributed by atoms with Crippen molar-refractivity contribution in [2.75, 3.05) is 19.8 Å². The van der Waals surface area contributed by atoms with Crippen LogP contribution in [-0.4, -0.2) is 25.9 Å². The second-order valence-corrected chi connectivity index (χ2v) is 3.96. The fourth-order valence-electron chi connectivity index (χ4n) is 1.24. The molecule has 1 aliphatic rings. The summed E-state index contributed by atoms with van der Waals surface area (Å²) in [5.74, 6) is 1.52. The Morgan fingerprint density at radius 1 is 1.38 bits per heavy atom. The van der Waals surface area contributed by atoms with E-state index in [0.29, 0.717) is 13.2 Å². The molecule has 0 N–H and O–H groups in total. The van der Waals surface area contributed by atoms with Gasteiger partial charge in [-0.05, 0) is 24.6 Å². The number of para-hydroxylation sites is 2. The van der Waals surface area contributed by atoms with Gasteiger partial charge in [0, 0.05) is 0 Å². The van der Waals surface area contributed by atoms with Crippen molar-refractivity contribution < 1.29 is 14.2 Å². The molecule has 0 saturated carbocycles. The molecule has 0 aliphatic carbocycles. The topological polar surface area (TPSA) is 31.0 Å². The third-order valence-electron chi connectivity index (χ3n) is 2.15. The Morgan fingerprint density at radius 3 is 2.56 bits per heavy atom. The molecule has 3 heteroatoms. The summed E-state index contributed by atoms with van der Waals surface area (Å²) < 4.78 is 16.3. The molecule has 1 fully saturated rings. The van der Waals surface area contributed by atoms with Gasteiger partial charge in [-0.1, -0.05) is 18.7 Å². The molecule has 0 bridgehead atoms. The number of hydrogen-bond acceptors (Lipinski definition) is 3. The first-order valence-corrected chi connectivity index (χ1v) is 5.36. The fraction of sp³-hybridized carbons (Fsp3) is 0.385. The summed E-state index contributed by atoms with van der Waals surface area (Å²) in [6.45, 7) is 7.64. The quantitative estimate of drug-likeness (QED) is 0.545. The highest BCUT2D eigenvalue weighted by Crippen LogP contribution is 2.27. The largest absolute Gasteiger partial charge is 0.487 e. The van der Waals surface area contributed by atoms with Crippen molar-refractivity contribution in [3.8, 4) is 11.5 Å². The molecule has 1 heterocycles. The van der Waals surface area contributed by atoms with Gasteiger partial charge in [0.15, 0.2) is 11.5 Å². The van der Waals surface area contributed by atoms with Crippen LogP contribution < -0.4 is 9.47 Å². The Morgan fingerprint density at radius 2 is 2.00 bits per heavy atom. The van der Waals surface area contributed by atoms with Crippen LogP contribution >= 0.6 is 0 Å². The van der Waals surface area contributed by atoms with Crippen LogP contribution in [0.25, 0.3) is 0 Å². The minimum Gasteiger partial charge on any atom is -0.487 e. The molecular formula is C13H16O3. The zero-order valence-corrected chi connectivity index (χ0v) is 9.44. The van der Waals surface area contributed by atoms with Gasteiger partial charge in [-0.3, -0.25) is 0 Å². The summed E-state index contributed by atoms with van der Waals surface area (Å²) >= 11 is 0. The highest BCUT2D eigenvalue weighted by molar-refractivity contribution is 5.39. The second kappa shape index (κ2) is 5.03. The third-order valence-corrected chi connectivity index (χ3v) is 2.15. The normalized spacial score (nSPS) is 17.9. The third kappa shape index (κ3) is 3.28. The van der Waals surface area contributed by atoms with E-state index < -0.39 is 0 Å².